The number of carbonyl (C=O) groups is 2. The van der Waals surface area contributed by atoms with Gasteiger partial charge in [-0.3, -0.25) is 24.6 Å². The number of imide groups is 1. The van der Waals surface area contributed by atoms with Crippen LogP contribution in [-0.2, 0) is 21.5 Å². The predicted octanol–water partition coefficient (Wildman–Crippen LogP) is 6.52. The van der Waals surface area contributed by atoms with Gasteiger partial charge in [0, 0.05) is 27.7 Å². The summed E-state index contributed by atoms with van der Waals surface area (Å²) in [6.07, 6.45) is 1.47. The van der Waals surface area contributed by atoms with Crippen LogP contribution in [0.3, 0.4) is 0 Å². The fourth-order valence-electron chi connectivity index (χ4n) is 3.43. The van der Waals surface area contributed by atoms with Gasteiger partial charge in [0.2, 0.25) is 0 Å². The summed E-state index contributed by atoms with van der Waals surface area (Å²) < 4.78 is 36.6. The normalized spacial score (nSPS) is 14.7. The average Bonchev–Trinajstić information content (AvgIpc) is 3.14. The molecule has 3 aromatic rings. The minimum absolute atomic E-state index is 0.0423. The monoisotopic (exact) mass is 720 g/mol. The van der Waals surface area contributed by atoms with Crippen LogP contribution >= 0.6 is 57.6 Å². The molecule has 0 bridgehead atoms. The van der Waals surface area contributed by atoms with Gasteiger partial charge >= 0.3 is 10.1 Å². The summed E-state index contributed by atoms with van der Waals surface area (Å²) in [5.74, 6) is -0.619. The SMILES string of the molecule is COc1cc(/C=C2\SC(=O)N(Cc3c(Cl)cccc3Cl)C2=O)cc(I)c1OS(=O)(=O)c1ccc([N+](=O)[O-])cc1. The van der Waals surface area contributed by atoms with Crippen molar-refractivity contribution in [1.82, 2.24) is 4.90 Å². The van der Waals surface area contributed by atoms with Crippen LogP contribution < -0.4 is 8.92 Å². The van der Waals surface area contributed by atoms with Crippen molar-refractivity contribution in [2.24, 2.45) is 0 Å². The fraction of sp³-hybridized carbons (Fsp3) is 0.0833. The maximum Gasteiger partial charge on any atom is 0.339 e. The molecule has 15 heteroatoms. The van der Waals surface area contributed by atoms with Crippen LogP contribution in [0.4, 0.5) is 10.5 Å². The molecule has 0 N–H and O–H groups in total. The molecule has 0 unspecified atom stereocenters. The summed E-state index contributed by atoms with van der Waals surface area (Å²) in [6.45, 7) is -0.103. The lowest BCUT2D eigenvalue weighted by atomic mass is 10.1. The van der Waals surface area contributed by atoms with Gasteiger partial charge in [0.05, 0.1) is 27.1 Å². The zero-order valence-electron chi connectivity index (χ0n) is 19.6. The zero-order valence-corrected chi connectivity index (χ0v) is 24.9. The average molecular weight is 721 g/mol. The summed E-state index contributed by atoms with van der Waals surface area (Å²) in [5, 5.41) is 11.0. The minimum Gasteiger partial charge on any atom is -0.493 e. The number of benzene rings is 3. The van der Waals surface area contributed by atoms with Crippen LogP contribution in [0.5, 0.6) is 11.5 Å². The molecule has 0 spiro atoms. The number of thioether (sulfide) groups is 1. The first-order chi connectivity index (χ1) is 18.4. The Balaban J connectivity index is 1.60. The molecule has 0 atom stereocenters. The van der Waals surface area contributed by atoms with Crippen molar-refractivity contribution in [1.29, 1.82) is 0 Å². The second-order valence-corrected chi connectivity index (χ2v) is 12.3. The van der Waals surface area contributed by atoms with Crippen molar-refractivity contribution in [3.8, 4) is 11.5 Å². The van der Waals surface area contributed by atoms with Crippen molar-refractivity contribution in [3.63, 3.8) is 0 Å². The van der Waals surface area contributed by atoms with Crippen LogP contribution in [0, 0.1) is 13.7 Å². The number of nitro groups is 1. The molecule has 39 heavy (non-hydrogen) atoms. The molecular weight excluding hydrogens is 706 g/mol. The van der Waals surface area contributed by atoms with Crippen molar-refractivity contribution < 1.29 is 31.9 Å². The van der Waals surface area contributed by atoms with E-state index >= 15 is 0 Å². The maximum atomic E-state index is 13.0. The Hall–Kier alpha value is -2.85. The number of ether oxygens (including phenoxy) is 1. The quantitative estimate of drug-likeness (QED) is 0.0839. The topological polar surface area (TPSA) is 133 Å². The Morgan fingerprint density at radius 2 is 1.74 bits per heavy atom. The number of hydrogen-bond acceptors (Lipinski definition) is 9. The highest BCUT2D eigenvalue weighted by Gasteiger charge is 2.36. The fourth-order valence-corrected chi connectivity index (χ4v) is 6.62. The van der Waals surface area contributed by atoms with Crippen LogP contribution in [0.1, 0.15) is 11.1 Å². The number of carbonyl (C=O) groups excluding carboxylic acids is 2. The number of nitro benzene ring substituents is 1. The third-order valence-corrected chi connectivity index (χ3v) is 8.98. The van der Waals surface area contributed by atoms with Crippen LogP contribution in [0.25, 0.3) is 6.08 Å². The van der Waals surface area contributed by atoms with E-state index in [9.17, 15) is 28.1 Å². The molecule has 1 saturated heterocycles. The molecule has 202 valence electrons. The number of rotatable bonds is 8. The smallest absolute Gasteiger partial charge is 0.339 e. The first-order valence-electron chi connectivity index (χ1n) is 10.7. The number of amides is 2. The predicted molar refractivity (Wildman–Crippen MR) is 155 cm³/mol. The van der Waals surface area contributed by atoms with E-state index in [4.69, 9.17) is 32.1 Å². The molecule has 10 nitrogen and oxygen atoms in total. The Morgan fingerprint density at radius 3 is 2.33 bits per heavy atom. The molecule has 0 aliphatic carbocycles. The van der Waals surface area contributed by atoms with Crippen LogP contribution in [0.15, 0.2) is 64.4 Å². The molecule has 0 radical (unpaired) electrons. The van der Waals surface area contributed by atoms with Crippen molar-refractivity contribution in [2.75, 3.05) is 7.11 Å². The summed E-state index contributed by atoms with van der Waals surface area (Å²) in [6, 6.07) is 12.1. The highest BCUT2D eigenvalue weighted by molar-refractivity contribution is 14.1. The summed E-state index contributed by atoms with van der Waals surface area (Å²) in [7, 11) is -3.05. The molecular formula is C24H15Cl2IN2O8S2. The molecule has 4 rings (SSSR count). The van der Waals surface area contributed by atoms with E-state index in [-0.39, 0.29) is 33.5 Å². The van der Waals surface area contributed by atoms with Crippen molar-refractivity contribution in [2.45, 2.75) is 11.4 Å². The third kappa shape index (κ3) is 6.32. The van der Waals surface area contributed by atoms with Gasteiger partial charge in [-0.1, -0.05) is 29.3 Å². The number of halogens is 3. The lowest BCUT2D eigenvalue weighted by molar-refractivity contribution is -0.384. The molecule has 1 fully saturated rings. The van der Waals surface area contributed by atoms with E-state index in [0.29, 0.717) is 24.7 Å². The van der Waals surface area contributed by atoms with E-state index in [1.165, 1.54) is 19.3 Å². The lowest BCUT2D eigenvalue weighted by Gasteiger charge is -2.15. The van der Waals surface area contributed by atoms with Gasteiger partial charge in [0.25, 0.3) is 16.8 Å². The Morgan fingerprint density at radius 1 is 1.10 bits per heavy atom. The molecule has 1 heterocycles. The minimum atomic E-state index is -4.36. The number of nitrogens with zero attached hydrogens (tertiary/aromatic N) is 2. The van der Waals surface area contributed by atoms with E-state index in [0.717, 1.165) is 40.9 Å². The maximum absolute atomic E-state index is 13.0. The molecule has 0 aromatic heterocycles. The van der Waals surface area contributed by atoms with Gasteiger partial charge < -0.3 is 8.92 Å². The molecule has 3 aromatic carbocycles. The third-order valence-electron chi connectivity index (χ3n) is 5.33. The van der Waals surface area contributed by atoms with Gasteiger partial charge in [0.1, 0.15) is 4.90 Å². The molecule has 1 aliphatic heterocycles. The summed E-state index contributed by atoms with van der Waals surface area (Å²) in [5.41, 5.74) is 0.610. The van der Waals surface area contributed by atoms with E-state index in [1.807, 2.05) is 22.6 Å². The molecule has 1 aliphatic rings. The second kappa shape index (κ2) is 11.7. The van der Waals surface area contributed by atoms with Gasteiger partial charge in [-0.25, -0.2) is 0 Å². The van der Waals surface area contributed by atoms with E-state index < -0.39 is 26.2 Å². The van der Waals surface area contributed by atoms with Gasteiger partial charge in [0.15, 0.2) is 11.5 Å². The van der Waals surface area contributed by atoms with Crippen molar-refractivity contribution >= 4 is 90.6 Å². The van der Waals surface area contributed by atoms with E-state index in [1.54, 1.807) is 24.3 Å². The first kappa shape index (κ1) is 29.1. The largest absolute Gasteiger partial charge is 0.493 e. The molecule has 0 saturated carbocycles. The number of methoxy groups -OCH3 is 1. The van der Waals surface area contributed by atoms with Gasteiger partial charge in [-0.2, -0.15) is 8.42 Å². The lowest BCUT2D eigenvalue weighted by Crippen LogP contribution is -2.27. The Bertz CT molecular complexity index is 1630. The highest BCUT2D eigenvalue weighted by Crippen LogP contribution is 2.39. The van der Waals surface area contributed by atoms with Crippen LogP contribution in [-0.4, -0.2) is 36.5 Å². The zero-order chi connectivity index (χ0) is 28.5. The Labute approximate surface area is 250 Å². The standard InChI is InChI=1S/C24H15Cl2IN2O8S2/c1-36-20-10-13(9-19(27)22(20)37-39(34,35)15-7-5-14(6-8-15)29(32)33)11-21-23(30)28(24(31)38-21)12-16-17(25)3-2-4-18(16)26/h2-11H,12H2,1H3/b21-11-. The molecule has 2 amide bonds. The first-order valence-corrected chi connectivity index (χ1v) is 14.7. The van der Waals surface area contributed by atoms with E-state index in [2.05, 4.69) is 0 Å². The van der Waals surface area contributed by atoms with Crippen molar-refractivity contribution in [3.05, 3.63) is 94.4 Å². The second-order valence-electron chi connectivity index (χ2n) is 7.79. The van der Waals surface area contributed by atoms with Crippen LogP contribution in [0.2, 0.25) is 10.0 Å². The Kier molecular flexibility index (Phi) is 8.75. The number of hydrogen-bond donors (Lipinski definition) is 0. The van der Waals surface area contributed by atoms with Gasteiger partial charge in [-0.15, -0.1) is 0 Å². The summed E-state index contributed by atoms with van der Waals surface area (Å²) >= 11 is 15.0. The number of non-ortho nitro benzene ring substituents is 1. The van der Waals surface area contributed by atoms with Gasteiger partial charge in [-0.05, 0) is 82.4 Å². The highest BCUT2D eigenvalue weighted by atomic mass is 127. The summed E-state index contributed by atoms with van der Waals surface area (Å²) in [4.78, 5) is 36.7.